The van der Waals surface area contributed by atoms with Gasteiger partial charge in [0.05, 0.1) is 11.6 Å². The Kier molecular flexibility index (Phi) is 4.89. The molecule has 1 aliphatic rings. The van der Waals surface area contributed by atoms with Crippen LogP contribution in [0.25, 0.3) is 21.9 Å². The number of fused-ring (bicyclic) bond motifs is 2. The average molecular weight is 527 g/mol. The van der Waals surface area contributed by atoms with Crippen molar-refractivity contribution in [1.29, 1.82) is 0 Å². The molecule has 3 aromatic carbocycles. The van der Waals surface area contributed by atoms with E-state index >= 15 is 0 Å². The van der Waals surface area contributed by atoms with E-state index in [-0.39, 0.29) is 11.3 Å². The lowest BCUT2D eigenvalue weighted by molar-refractivity contribution is -0.117. The van der Waals surface area contributed by atoms with Gasteiger partial charge in [0.25, 0.3) is 5.91 Å². The zero-order chi connectivity index (χ0) is 24.3. The summed E-state index contributed by atoms with van der Waals surface area (Å²) in [5.74, 6) is -1.66. The van der Waals surface area contributed by atoms with E-state index in [0.29, 0.717) is 11.3 Å². The van der Waals surface area contributed by atoms with Crippen molar-refractivity contribution < 1.29 is 19.1 Å². The van der Waals surface area contributed by atoms with E-state index in [1.165, 1.54) is 4.90 Å². The fourth-order valence-electron chi connectivity index (χ4n) is 4.84. The van der Waals surface area contributed by atoms with Crippen molar-refractivity contribution in [2.24, 2.45) is 7.05 Å². The number of hydrogen-bond acceptors (Lipinski definition) is 4. The van der Waals surface area contributed by atoms with Gasteiger partial charge >= 0.3 is 0 Å². The third kappa shape index (κ3) is 3.31. The van der Waals surface area contributed by atoms with Gasteiger partial charge in [-0.1, -0.05) is 52.3 Å². The molecule has 1 amide bonds. The van der Waals surface area contributed by atoms with Crippen LogP contribution < -0.4 is 4.90 Å². The van der Waals surface area contributed by atoms with Gasteiger partial charge in [-0.3, -0.25) is 14.5 Å². The van der Waals surface area contributed by atoms with Gasteiger partial charge in [-0.15, -0.1) is 0 Å². The zero-order valence-corrected chi connectivity index (χ0v) is 20.2. The standard InChI is InChI=1S/C28H19BrN2O4/c1-30-15-20(19-9-5-6-10-21(19)30)25-24(27(33)28(34)31(25)18-7-3-2-4-8-18)26(32)23-14-16-13-17(29)11-12-22(16)35-23/h2-15,25,33H,1H3. The SMILES string of the molecule is Cn1cc(C2C(C(=O)c3cc4cc(Br)ccc4o3)=C(O)C(=O)N2c2ccccc2)c2ccccc21. The first kappa shape index (κ1) is 21.4. The molecule has 5 aromatic rings. The minimum Gasteiger partial charge on any atom is -0.503 e. The van der Waals surface area contributed by atoms with E-state index < -0.39 is 23.5 Å². The van der Waals surface area contributed by atoms with Crippen LogP contribution in [0.1, 0.15) is 22.2 Å². The highest BCUT2D eigenvalue weighted by Gasteiger charge is 2.46. The molecule has 2 aromatic heterocycles. The molecule has 1 unspecified atom stereocenters. The quantitative estimate of drug-likeness (QED) is 0.272. The Labute approximate surface area is 208 Å². The van der Waals surface area contributed by atoms with Crippen LogP contribution in [0.4, 0.5) is 5.69 Å². The molecule has 0 fully saturated rings. The van der Waals surface area contributed by atoms with Crippen LogP contribution in [0.3, 0.4) is 0 Å². The van der Waals surface area contributed by atoms with Gasteiger partial charge in [0.2, 0.25) is 5.78 Å². The number of hydrogen-bond donors (Lipinski definition) is 1. The molecule has 0 saturated heterocycles. The molecule has 0 spiro atoms. The maximum atomic E-state index is 13.9. The van der Waals surface area contributed by atoms with Gasteiger partial charge in [0.1, 0.15) is 5.58 Å². The largest absolute Gasteiger partial charge is 0.503 e. The topological polar surface area (TPSA) is 75.7 Å². The Hall–Kier alpha value is -4.10. The van der Waals surface area contributed by atoms with E-state index in [2.05, 4.69) is 15.9 Å². The smallest absolute Gasteiger partial charge is 0.294 e. The number of carbonyl (C=O) groups is 2. The van der Waals surface area contributed by atoms with Crippen molar-refractivity contribution in [2.45, 2.75) is 6.04 Å². The molecule has 0 aliphatic carbocycles. The second-order valence-corrected chi connectivity index (χ2v) is 9.43. The number of aromatic nitrogens is 1. The Bertz CT molecular complexity index is 1680. The lowest BCUT2D eigenvalue weighted by Crippen LogP contribution is -2.30. The van der Waals surface area contributed by atoms with Crippen molar-refractivity contribution >= 4 is 55.2 Å². The van der Waals surface area contributed by atoms with Gasteiger partial charge in [-0.05, 0) is 42.5 Å². The Morgan fingerprint density at radius 1 is 1.00 bits per heavy atom. The van der Waals surface area contributed by atoms with Crippen LogP contribution in [0.5, 0.6) is 0 Å². The number of furan rings is 1. The molecule has 1 N–H and O–H groups in total. The highest BCUT2D eigenvalue weighted by Crippen LogP contribution is 2.44. The van der Waals surface area contributed by atoms with Crippen molar-refractivity contribution in [3.63, 3.8) is 0 Å². The van der Waals surface area contributed by atoms with Crippen molar-refractivity contribution in [2.75, 3.05) is 4.90 Å². The van der Waals surface area contributed by atoms with Crippen molar-refractivity contribution in [3.8, 4) is 0 Å². The van der Waals surface area contributed by atoms with E-state index in [1.807, 2.05) is 72.4 Å². The molecule has 0 radical (unpaired) electrons. The van der Waals surface area contributed by atoms with E-state index in [9.17, 15) is 14.7 Å². The van der Waals surface area contributed by atoms with Crippen LogP contribution in [-0.4, -0.2) is 21.4 Å². The zero-order valence-electron chi connectivity index (χ0n) is 18.6. The Morgan fingerprint density at radius 3 is 2.54 bits per heavy atom. The summed E-state index contributed by atoms with van der Waals surface area (Å²) in [6, 6.07) is 23.1. The molecular weight excluding hydrogens is 508 g/mol. The van der Waals surface area contributed by atoms with E-state index in [4.69, 9.17) is 4.42 Å². The second-order valence-electron chi connectivity index (χ2n) is 8.51. The fraction of sp³-hybridized carbons (Fsp3) is 0.0714. The molecular formula is C28H19BrN2O4. The van der Waals surface area contributed by atoms with Crippen LogP contribution >= 0.6 is 15.9 Å². The Morgan fingerprint density at radius 2 is 1.74 bits per heavy atom. The average Bonchev–Trinajstić information content (AvgIpc) is 3.51. The molecule has 0 bridgehead atoms. The van der Waals surface area contributed by atoms with Crippen LogP contribution in [0.2, 0.25) is 0 Å². The van der Waals surface area contributed by atoms with Crippen LogP contribution in [-0.2, 0) is 11.8 Å². The summed E-state index contributed by atoms with van der Waals surface area (Å²) < 4.78 is 8.65. The highest BCUT2D eigenvalue weighted by atomic mass is 79.9. The number of aryl methyl sites for hydroxylation is 1. The molecule has 35 heavy (non-hydrogen) atoms. The lowest BCUT2D eigenvalue weighted by atomic mass is 9.94. The molecule has 3 heterocycles. The first-order valence-corrected chi connectivity index (χ1v) is 11.8. The number of benzene rings is 3. The van der Waals surface area contributed by atoms with Gasteiger partial charge in [-0.25, -0.2) is 0 Å². The summed E-state index contributed by atoms with van der Waals surface area (Å²) in [5.41, 5.74) is 2.82. The molecule has 6 rings (SSSR count). The second kappa shape index (κ2) is 7.99. The first-order chi connectivity index (χ1) is 16.9. The van der Waals surface area contributed by atoms with Gasteiger partial charge in [0.15, 0.2) is 11.5 Å². The van der Waals surface area contributed by atoms with Gasteiger partial charge < -0.3 is 14.1 Å². The third-order valence-corrected chi connectivity index (χ3v) is 6.90. The summed E-state index contributed by atoms with van der Waals surface area (Å²) in [6.45, 7) is 0. The van der Waals surface area contributed by atoms with Crippen molar-refractivity contribution in [1.82, 2.24) is 4.57 Å². The van der Waals surface area contributed by atoms with Crippen LogP contribution in [0.15, 0.2) is 105 Å². The number of aliphatic hydroxyl groups is 1. The molecule has 1 atom stereocenters. The predicted molar refractivity (Wildman–Crippen MR) is 137 cm³/mol. The van der Waals surface area contributed by atoms with Crippen LogP contribution in [0, 0.1) is 0 Å². The number of aliphatic hydroxyl groups excluding tert-OH is 1. The molecule has 1 aliphatic heterocycles. The normalized spacial score (nSPS) is 16.1. The summed E-state index contributed by atoms with van der Waals surface area (Å²) in [4.78, 5) is 28.7. The van der Waals surface area contributed by atoms with Crippen molar-refractivity contribution in [3.05, 3.63) is 112 Å². The number of nitrogens with zero attached hydrogens (tertiary/aromatic N) is 2. The molecule has 7 heteroatoms. The summed E-state index contributed by atoms with van der Waals surface area (Å²) >= 11 is 3.43. The number of rotatable bonds is 4. The number of halogens is 1. The summed E-state index contributed by atoms with van der Waals surface area (Å²) in [6.07, 6.45) is 1.90. The number of anilines is 1. The molecule has 0 saturated carbocycles. The number of amides is 1. The first-order valence-electron chi connectivity index (χ1n) is 11.0. The third-order valence-electron chi connectivity index (χ3n) is 6.41. The highest BCUT2D eigenvalue weighted by molar-refractivity contribution is 9.10. The minimum absolute atomic E-state index is 0.00618. The van der Waals surface area contributed by atoms with E-state index in [1.54, 1.807) is 24.3 Å². The monoisotopic (exact) mass is 526 g/mol. The molecule has 6 nitrogen and oxygen atoms in total. The maximum Gasteiger partial charge on any atom is 0.294 e. The fourth-order valence-corrected chi connectivity index (χ4v) is 5.21. The maximum absolute atomic E-state index is 13.9. The van der Waals surface area contributed by atoms with E-state index in [0.717, 1.165) is 26.3 Å². The molecule has 172 valence electrons. The number of para-hydroxylation sites is 2. The van der Waals surface area contributed by atoms with Gasteiger partial charge in [0, 0.05) is 45.3 Å². The Balaban J connectivity index is 1.57. The summed E-state index contributed by atoms with van der Waals surface area (Å²) in [7, 11) is 1.91. The minimum atomic E-state index is -0.830. The number of ketones is 1. The summed E-state index contributed by atoms with van der Waals surface area (Å²) in [5, 5.41) is 12.7. The predicted octanol–water partition coefficient (Wildman–Crippen LogP) is 6.47. The number of carbonyl (C=O) groups excluding carboxylic acids is 2. The lowest BCUT2D eigenvalue weighted by Gasteiger charge is -2.26. The van der Waals surface area contributed by atoms with Gasteiger partial charge in [-0.2, -0.15) is 0 Å². The number of Topliss-reactive ketones (excluding diaryl/α,β-unsaturated/α-hetero) is 1.